The van der Waals surface area contributed by atoms with E-state index in [1.165, 1.54) is 5.56 Å². The molecule has 0 amide bonds. The molecular weight excluding hydrogens is 134 g/mol. The van der Waals surface area contributed by atoms with Crippen LogP contribution in [0.5, 0.6) is 0 Å². The standard InChI is InChI=1S/C10H11N/c1-11-9-5-8-10-6-3-2-4-7-10/h2-9H,1H3/b8-5+,11-9?. The van der Waals surface area contributed by atoms with E-state index in [9.17, 15) is 0 Å². The van der Waals surface area contributed by atoms with E-state index in [0.717, 1.165) is 0 Å². The molecule has 0 aliphatic heterocycles. The Kier molecular flexibility index (Phi) is 3.13. The fourth-order valence-electron chi connectivity index (χ4n) is 0.804. The van der Waals surface area contributed by atoms with Gasteiger partial charge in [0.1, 0.15) is 0 Å². The molecule has 0 saturated heterocycles. The first-order valence-electron chi connectivity index (χ1n) is 3.57. The Morgan fingerprint density at radius 1 is 1.18 bits per heavy atom. The first-order valence-corrected chi connectivity index (χ1v) is 3.57. The van der Waals surface area contributed by atoms with E-state index in [2.05, 4.69) is 17.1 Å². The lowest BCUT2D eigenvalue weighted by molar-refractivity contribution is 1.48. The third kappa shape index (κ3) is 2.80. The molecule has 0 aliphatic rings. The predicted octanol–water partition coefficient (Wildman–Crippen LogP) is 2.40. The summed E-state index contributed by atoms with van der Waals surface area (Å²) in [6.07, 6.45) is 5.72. The monoisotopic (exact) mass is 145 g/mol. The summed E-state index contributed by atoms with van der Waals surface area (Å²) in [5.41, 5.74) is 1.20. The number of rotatable bonds is 2. The lowest BCUT2D eigenvalue weighted by Crippen LogP contribution is -1.68. The highest BCUT2D eigenvalue weighted by atomic mass is 14.6. The van der Waals surface area contributed by atoms with Gasteiger partial charge in [-0.2, -0.15) is 0 Å². The van der Waals surface area contributed by atoms with Gasteiger partial charge in [-0.25, -0.2) is 0 Å². The molecule has 1 heteroatoms. The van der Waals surface area contributed by atoms with Crippen LogP contribution >= 0.6 is 0 Å². The highest BCUT2D eigenvalue weighted by Crippen LogP contribution is 1.99. The van der Waals surface area contributed by atoms with Crippen LogP contribution in [-0.2, 0) is 0 Å². The third-order valence-electron chi connectivity index (χ3n) is 1.32. The minimum absolute atomic E-state index is 1.20. The maximum Gasteiger partial charge on any atom is 0.0277 e. The Balaban J connectivity index is 2.64. The van der Waals surface area contributed by atoms with E-state index >= 15 is 0 Å². The van der Waals surface area contributed by atoms with Crippen LogP contribution in [-0.4, -0.2) is 13.3 Å². The molecule has 0 spiro atoms. The van der Waals surface area contributed by atoms with Crippen molar-refractivity contribution in [3.8, 4) is 0 Å². The van der Waals surface area contributed by atoms with Crippen LogP contribution in [0.2, 0.25) is 0 Å². The molecular formula is C10H11N. The zero-order valence-corrected chi connectivity index (χ0v) is 6.57. The molecule has 1 aromatic rings. The summed E-state index contributed by atoms with van der Waals surface area (Å²) < 4.78 is 0. The van der Waals surface area contributed by atoms with Crippen LogP contribution in [0.3, 0.4) is 0 Å². The molecule has 0 unspecified atom stereocenters. The van der Waals surface area contributed by atoms with Gasteiger partial charge in [0.25, 0.3) is 0 Å². The first-order chi connectivity index (χ1) is 5.43. The maximum atomic E-state index is 3.84. The second-order valence-electron chi connectivity index (χ2n) is 2.18. The minimum Gasteiger partial charge on any atom is -0.297 e. The number of aliphatic imine (C=N–C) groups is 1. The van der Waals surface area contributed by atoms with E-state index < -0.39 is 0 Å². The number of allylic oxidation sites excluding steroid dienone is 1. The predicted molar refractivity (Wildman–Crippen MR) is 49.9 cm³/mol. The van der Waals surface area contributed by atoms with Crippen LogP contribution in [0.4, 0.5) is 0 Å². The summed E-state index contributed by atoms with van der Waals surface area (Å²) in [6, 6.07) is 10.1. The molecule has 1 aromatic carbocycles. The normalized spacial score (nSPS) is 11.4. The average molecular weight is 145 g/mol. The van der Waals surface area contributed by atoms with Crippen molar-refractivity contribution < 1.29 is 0 Å². The van der Waals surface area contributed by atoms with Crippen molar-refractivity contribution in [2.24, 2.45) is 4.99 Å². The van der Waals surface area contributed by atoms with Crippen molar-refractivity contribution in [3.63, 3.8) is 0 Å². The number of hydrogen-bond donors (Lipinski definition) is 0. The highest BCUT2D eigenvalue weighted by Gasteiger charge is 1.78. The van der Waals surface area contributed by atoms with Crippen molar-refractivity contribution in [2.75, 3.05) is 7.05 Å². The molecule has 0 atom stereocenters. The van der Waals surface area contributed by atoms with E-state index in [4.69, 9.17) is 0 Å². The van der Waals surface area contributed by atoms with Gasteiger partial charge in [0.2, 0.25) is 0 Å². The fourth-order valence-corrected chi connectivity index (χ4v) is 0.804. The summed E-state index contributed by atoms with van der Waals surface area (Å²) in [7, 11) is 1.76. The molecule has 56 valence electrons. The second kappa shape index (κ2) is 4.45. The van der Waals surface area contributed by atoms with Crippen molar-refractivity contribution in [1.82, 2.24) is 0 Å². The van der Waals surface area contributed by atoms with Gasteiger partial charge in [-0.1, -0.05) is 36.4 Å². The molecule has 1 nitrogen and oxygen atoms in total. The van der Waals surface area contributed by atoms with Crippen molar-refractivity contribution in [1.29, 1.82) is 0 Å². The number of hydrogen-bond acceptors (Lipinski definition) is 1. The van der Waals surface area contributed by atoms with E-state index in [1.807, 2.05) is 30.4 Å². The van der Waals surface area contributed by atoms with Crippen LogP contribution in [0.25, 0.3) is 6.08 Å². The smallest absolute Gasteiger partial charge is 0.0277 e. The highest BCUT2D eigenvalue weighted by molar-refractivity contribution is 5.77. The molecule has 1 rings (SSSR count). The Labute approximate surface area is 67.1 Å². The van der Waals surface area contributed by atoms with E-state index in [1.54, 1.807) is 13.3 Å². The van der Waals surface area contributed by atoms with Gasteiger partial charge < -0.3 is 0 Å². The van der Waals surface area contributed by atoms with E-state index in [-0.39, 0.29) is 0 Å². The third-order valence-corrected chi connectivity index (χ3v) is 1.32. The van der Waals surface area contributed by atoms with Crippen molar-refractivity contribution in [3.05, 3.63) is 42.0 Å². The summed E-state index contributed by atoms with van der Waals surface area (Å²) >= 11 is 0. The zero-order valence-electron chi connectivity index (χ0n) is 6.57. The molecule has 0 N–H and O–H groups in total. The Morgan fingerprint density at radius 3 is 2.55 bits per heavy atom. The molecule has 0 aliphatic carbocycles. The molecule has 0 saturated carbocycles. The van der Waals surface area contributed by atoms with Gasteiger partial charge in [-0.15, -0.1) is 0 Å². The Bertz CT molecular complexity index is 247. The first kappa shape index (κ1) is 7.73. The van der Waals surface area contributed by atoms with Crippen LogP contribution in [0.1, 0.15) is 5.56 Å². The summed E-state index contributed by atoms with van der Waals surface area (Å²) in [5.74, 6) is 0. The maximum absolute atomic E-state index is 3.84. The van der Waals surface area contributed by atoms with Gasteiger partial charge in [0.05, 0.1) is 0 Å². The minimum atomic E-state index is 1.20. The molecule has 0 bridgehead atoms. The van der Waals surface area contributed by atoms with Crippen molar-refractivity contribution in [2.45, 2.75) is 0 Å². The van der Waals surface area contributed by atoms with Gasteiger partial charge in [0.15, 0.2) is 0 Å². The van der Waals surface area contributed by atoms with Crippen molar-refractivity contribution >= 4 is 12.3 Å². The summed E-state index contributed by atoms with van der Waals surface area (Å²) in [6.45, 7) is 0. The lowest BCUT2D eigenvalue weighted by Gasteiger charge is -1.87. The molecule has 0 radical (unpaired) electrons. The van der Waals surface area contributed by atoms with Crippen LogP contribution in [0, 0.1) is 0 Å². The Hall–Kier alpha value is -1.37. The quantitative estimate of drug-likeness (QED) is 0.567. The lowest BCUT2D eigenvalue weighted by atomic mass is 10.2. The largest absolute Gasteiger partial charge is 0.297 e. The summed E-state index contributed by atoms with van der Waals surface area (Å²) in [5, 5.41) is 0. The Morgan fingerprint density at radius 2 is 1.91 bits per heavy atom. The van der Waals surface area contributed by atoms with Crippen LogP contribution in [0.15, 0.2) is 41.4 Å². The van der Waals surface area contributed by atoms with Gasteiger partial charge in [-0.3, -0.25) is 4.99 Å². The van der Waals surface area contributed by atoms with E-state index in [0.29, 0.717) is 0 Å². The molecule has 11 heavy (non-hydrogen) atoms. The molecule has 0 fully saturated rings. The SMILES string of the molecule is CN=C/C=C/c1ccccc1. The van der Waals surface area contributed by atoms with Gasteiger partial charge in [0, 0.05) is 13.3 Å². The number of benzene rings is 1. The molecule has 0 aromatic heterocycles. The second-order valence-corrected chi connectivity index (χ2v) is 2.18. The summed E-state index contributed by atoms with van der Waals surface area (Å²) in [4.78, 5) is 3.84. The van der Waals surface area contributed by atoms with Crippen LogP contribution < -0.4 is 0 Å². The molecule has 0 heterocycles. The number of nitrogens with zero attached hydrogens (tertiary/aromatic N) is 1. The van der Waals surface area contributed by atoms with Gasteiger partial charge >= 0.3 is 0 Å². The fraction of sp³-hybridized carbons (Fsp3) is 0.100. The zero-order chi connectivity index (χ0) is 7.94. The topological polar surface area (TPSA) is 12.4 Å². The van der Waals surface area contributed by atoms with Gasteiger partial charge in [-0.05, 0) is 11.6 Å². The average Bonchev–Trinajstić information content (AvgIpc) is 2.07.